The Morgan fingerprint density at radius 3 is 2.11 bits per heavy atom. The average molecular weight is 360 g/mol. The Morgan fingerprint density at radius 1 is 0.815 bits per heavy atom. The second-order valence-electron chi connectivity index (χ2n) is 6.23. The molecule has 0 saturated carbocycles. The van der Waals surface area contributed by atoms with Gasteiger partial charge in [0, 0.05) is 23.6 Å². The zero-order chi connectivity index (χ0) is 19.0. The molecular formula is C22H16O5. The molecule has 0 aliphatic heterocycles. The van der Waals surface area contributed by atoms with Gasteiger partial charge in [-0.05, 0) is 5.56 Å². The van der Waals surface area contributed by atoms with E-state index < -0.39 is 22.7 Å². The van der Waals surface area contributed by atoms with Gasteiger partial charge >= 0.3 is 0 Å². The normalized spacial score (nSPS) is 11.0. The van der Waals surface area contributed by atoms with Gasteiger partial charge in [-0.3, -0.25) is 4.79 Å². The van der Waals surface area contributed by atoms with Crippen LogP contribution >= 0.6 is 0 Å². The predicted octanol–water partition coefficient (Wildman–Crippen LogP) is 4.17. The molecule has 0 aliphatic carbocycles. The number of rotatable bonds is 3. The van der Waals surface area contributed by atoms with E-state index in [0.717, 1.165) is 11.6 Å². The van der Waals surface area contributed by atoms with Crippen LogP contribution in [0.5, 0.6) is 17.2 Å². The van der Waals surface area contributed by atoms with Crippen LogP contribution in [-0.4, -0.2) is 15.3 Å². The molecule has 0 aliphatic rings. The SMILES string of the molecule is O=c1c(Cc2ccccc2)c(-c2ccccc2)oc2cc(O)c(O)c(O)c12. The van der Waals surface area contributed by atoms with E-state index >= 15 is 0 Å². The van der Waals surface area contributed by atoms with Crippen molar-refractivity contribution >= 4 is 11.0 Å². The smallest absolute Gasteiger partial charge is 0.201 e. The standard InChI is InChI=1S/C22H16O5/c23-16-12-17-18(21(26)20(16)25)19(24)15(11-13-7-3-1-4-8-13)22(27-17)14-9-5-2-6-10-14/h1-10,12,23,25-26H,11H2. The van der Waals surface area contributed by atoms with Gasteiger partial charge in [0.25, 0.3) is 0 Å². The molecule has 0 radical (unpaired) electrons. The lowest BCUT2D eigenvalue weighted by molar-refractivity contribution is 0.370. The summed E-state index contributed by atoms with van der Waals surface area (Å²) in [5, 5.41) is 29.6. The fourth-order valence-electron chi connectivity index (χ4n) is 3.13. The van der Waals surface area contributed by atoms with E-state index in [0.29, 0.717) is 23.3 Å². The fraction of sp³-hybridized carbons (Fsp3) is 0.0455. The van der Waals surface area contributed by atoms with Crippen molar-refractivity contribution in [3.05, 3.63) is 88.1 Å². The van der Waals surface area contributed by atoms with Crippen molar-refractivity contribution in [2.75, 3.05) is 0 Å². The van der Waals surface area contributed by atoms with Gasteiger partial charge in [-0.1, -0.05) is 60.7 Å². The van der Waals surface area contributed by atoms with E-state index in [-0.39, 0.29) is 11.0 Å². The maximum atomic E-state index is 13.2. The first-order valence-corrected chi connectivity index (χ1v) is 8.39. The molecule has 1 heterocycles. The maximum Gasteiger partial charge on any atom is 0.201 e. The molecule has 0 spiro atoms. The first-order chi connectivity index (χ1) is 13.1. The molecule has 0 saturated heterocycles. The van der Waals surface area contributed by atoms with Crippen LogP contribution in [-0.2, 0) is 6.42 Å². The molecule has 3 aromatic carbocycles. The number of benzene rings is 3. The van der Waals surface area contributed by atoms with Crippen LogP contribution in [0.25, 0.3) is 22.3 Å². The Morgan fingerprint density at radius 2 is 1.44 bits per heavy atom. The summed E-state index contributed by atoms with van der Waals surface area (Å²) in [5.74, 6) is -1.62. The fourth-order valence-corrected chi connectivity index (χ4v) is 3.13. The molecule has 0 bridgehead atoms. The molecule has 134 valence electrons. The average Bonchev–Trinajstić information content (AvgIpc) is 2.69. The first-order valence-electron chi connectivity index (χ1n) is 8.39. The summed E-state index contributed by atoms with van der Waals surface area (Å²) in [6.45, 7) is 0. The third kappa shape index (κ3) is 2.89. The van der Waals surface area contributed by atoms with Gasteiger partial charge in [0.15, 0.2) is 11.5 Å². The molecule has 0 unspecified atom stereocenters. The lowest BCUT2D eigenvalue weighted by Gasteiger charge is -2.12. The lowest BCUT2D eigenvalue weighted by atomic mass is 9.98. The molecule has 27 heavy (non-hydrogen) atoms. The number of phenols is 3. The molecule has 0 amide bonds. The summed E-state index contributed by atoms with van der Waals surface area (Å²) in [6.07, 6.45) is 0.296. The topological polar surface area (TPSA) is 90.9 Å². The largest absolute Gasteiger partial charge is 0.504 e. The minimum Gasteiger partial charge on any atom is -0.504 e. The van der Waals surface area contributed by atoms with Crippen LogP contribution in [0.3, 0.4) is 0 Å². The van der Waals surface area contributed by atoms with Gasteiger partial charge in [0.1, 0.15) is 16.7 Å². The lowest BCUT2D eigenvalue weighted by Crippen LogP contribution is -2.12. The van der Waals surface area contributed by atoms with Crippen molar-refractivity contribution in [1.29, 1.82) is 0 Å². The van der Waals surface area contributed by atoms with Crippen LogP contribution in [0.4, 0.5) is 0 Å². The minimum atomic E-state index is -0.743. The molecule has 0 fully saturated rings. The summed E-state index contributed by atoms with van der Waals surface area (Å²) >= 11 is 0. The molecule has 5 nitrogen and oxygen atoms in total. The number of phenolic OH excluding ortho intramolecular Hbond substituents is 3. The van der Waals surface area contributed by atoms with Crippen molar-refractivity contribution in [3.8, 4) is 28.6 Å². The zero-order valence-corrected chi connectivity index (χ0v) is 14.2. The van der Waals surface area contributed by atoms with E-state index in [1.165, 1.54) is 0 Å². The Labute approximate surface area is 154 Å². The van der Waals surface area contributed by atoms with Crippen molar-refractivity contribution in [1.82, 2.24) is 0 Å². The van der Waals surface area contributed by atoms with Crippen molar-refractivity contribution in [3.63, 3.8) is 0 Å². The van der Waals surface area contributed by atoms with Crippen molar-refractivity contribution in [2.24, 2.45) is 0 Å². The summed E-state index contributed by atoms with van der Waals surface area (Å²) in [7, 11) is 0. The molecular weight excluding hydrogens is 344 g/mol. The van der Waals surface area contributed by atoms with Gasteiger partial charge in [-0.25, -0.2) is 0 Å². The Hall–Kier alpha value is -3.73. The number of hydrogen-bond acceptors (Lipinski definition) is 5. The van der Waals surface area contributed by atoms with Crippen LogP contribution in [0.1, 0.15) is 11.1 Å². The van der Waals surface area contributed by atoms with Crippen molar-refractivity contribution < 1.29 is 19.7 Å². The summed E-state index contributed by atoms with van der Waals surface area (Å²) < 4.78 is 5.92. The minimum absolute atomic E-state index is 0.00321. The van der Waals surface area contributed by atoms with Gasteiger partial charge in [-0.15, -0.1) is 0 Å². The first kappa shape index (κ1) is 16.7. The molecule has 4 aromatic rings. The van der Waals surface area contributed by atoms with Crippen LogP contribution in [0.15, 0.2) is 75.9 Å². The van der Waals surface area contributed by atoms with Crippen LogP contribution < -0.4 is 5.43 Å². The third-order valence-electron chi connectivity index (χ3n) is 4.46. The highest BCUT2D eigenvalue weighted by Gasteiger charge is 2.22. The Balaban J connectivity index is 2.06. The molecule has 0 atom stereocenters. The van der Waals surface area contributed by atoms with Gasteiger partial charge in [-0.2, -0.15) is 0 Å². The molecule has 4 rings (SSSR count). The number of hydrogen-bond donors (Lipinski definition) is 3. The number of fused-ring (bicyclic) bond motifs is 1. The second-order valence-corrected chi connectivity index (χ2v) is 6.23. The second kappa shape index (κ2) is 6.53. The third-order valence-corrected chi connectivity index (χ3v) is 4.46. The van der Waals surface area contributed by atoms with E-state index in [4.69, 9.17) is 4.42 Å². The van der Waals surface area contributed by atoms with Crippen molar-refractivity contribution in [2.45, 2.75) is 6.42 Å². The zero-order valence-electron chi connectivity index (χ0n) is 14.2. The van der Waals surface area contributed by atoms with E-state index in [1.54, 1.807) is 0 Å². The maximum absolute atomic E-state index is 13.2. The molecule has 1 aromatic heterocycles. The van der Waals surface area contributed by atoms with Crippen LogP contribution in [0.2, 0.25) is 0 Å². The molecule has 5 heteroatoms. The summed E-state index contributed by atoms with van der Waals surface area (Å²) in [5.41, 5.74) is 1.52. The van der Waals surface area contributed by atoms with Crippen LogP contribution in [0, 0.1) is 0 Å². The highest BCUT2D eigenvalue weighted by atomic mass is 16.3. The number of aromatic hydroxyl groups is 3. The van der Waals surface area contributed by atoms with E-state index in [1.807, 2.05) is 60.7 Å². The summed E-state index contributed by atoms with van der Waals surface area (Å²) in [6, 6.07) is 19.7. The highest BCUT2D eigenvalue weighted by Crippen LogP contribution is 2.41. The Kier molecular flexibility index (Phi) is 4.05. The van der Waals surface area contributed by atoms with E-state index in [9.17, 15) is 20.1 Å². The quantitative estimate of drug-likeness (QED) is 0.477. The highest BCUT2D eigenvalue weighted by molar-refractivity contribution is 5.90. The predicted molar refractivity (Wildman–Crippen MR) is 102 cm³/mol. The molecule has 3 N–H and O–H groups in total. The van der Waals surface area contributed by atoms with Gasteiger partial charge in [0.05, 0.1) is 0 Å². The van der Waals surface area contributed by atoms with Gasteiger partial charge < -0.3 is 19.7 Å². The van der Waals surface area contributed by atoms with E-state index in [2.05, 4.69) is 0 Å². The Bertz CT molecular complexity index is 1180. The summed E-state index contributed by atoms with van der Waals surface area (Å²) in [4.78, 5) is 13.2. The monoisotopic (exact) mass is 360 g/mol. The van der Waals surface area contributed by atoms with Gasteiger partial charge in [0.2, 0.25) is 11.2 Å².